The van der Waals surface area contributed by atoms with E-state index in [9.17, 15) is 22.0 Å². The molecule has 168 valence electrons. The van der Waals surface area contributed by atoms with Crippen LogP contribution in [-0.2, 0) is 14.8 Å². The maximum absolute atomic E-state index is 13.8. The Bertz CT molecular complexity index is 1010. The standard InChI is InChI=1S/C22H27F2N3O3S/c1-26(31(29,30)19-10-7-17(23)8-11-19)13-5-6-22(28)25-20-16-18(24)9-12-21(20)27-14-3-2-4-15-27/h7-12,16H,2-6,13-15H2,1H3,(H,25,28). The van der Waals surface area contributed by atoms with Gasteiger partial charge in [0.25, 0.3) is 0 Å². The second kappa shape index (κ2) is 10.2. The number of anilines is 2. The zero-order valence-electron chi connectivity index (χ0n) is 17.5. The van der Waals surface area contributed by atoms with Crippen molar-refractivity contribution in [1.82, 2.24) is 4.31 Å². The first-order valence-corrected chi connectivity index (χ1v) is 11.8. The van der Waals surface area contributed by atoms with Crippen molar-refractivity contribution in [1.29, 1.82) is 0 Å². The Morgan fingerprint density at radius 3 is 2.35 bits per heavy atom. The van der Waals surface area contributed by atoms with Crippen LogP contribution in [0.15, 0.2) is 47.4 Å². The minimum absolute atomic E-state index is 0.00761. The highest BCUT2D eigenvalue weighted by Crippen LogP contribution is 2.29. The molecule has 2 aromatic rings. The second-order valence-corrected chi connectivity index (χ2v) is 9.69. The average molecular weight is 452 g/mol. The Balaban J connectivity index is 1.57. The summed E-state index contributed by atoms with van der Waals surface area (Å²) in [4.78, 5) is 14.6. The summed E-state index contributed by atoms with van der Waals surface area (Å²) in [6, 6.07) is 8.97. The molecule has 0 spiro atoms. The molecule has 0 saturated carbocycles. The highest BCUT2D eigenvalue weighted by Gasteiger charge is 2.21. The van der Waals surface area contributed by atoms with E-state index in [1.165, 1.54) is 31.3 Å². The summed E-state index contributed by atoms with van der Waals surface area (Å²) >= 11 is 0. The SMILES string of the molecule is CN(CCCC(=O)Nc1cc(F)ccc1N1CCCCC1)S(=O)(=O)c1ccc(F)cc1. The zero-order valence-corrected chi connectivity index (χ0v) is 18.3. The van der Waals surface area contributed by atoms with E-state index >= 15 is 0 Å². The van der Waals surface area contributed by atoms with Crippen molar-refractivity contribution in [3.8, 4) is 0 Å². The Morgan fingerprint density at radius 1 is 1.03 bits per heavy atom. The molecule has 0 atom stereocenters. The van der Waals surface area contributed by atoms with E-state index in [4.69, 9.17) is 0 Å². The van der Waals surface area contributed by atoms with Crippen LogP contribution in [-0.4, -0.2) is 45.3 Å². The van der Waals surface area contributed by atoms with E-state index in [0.717, 1.165) is 54.5 Å². The number of nitrogens with zero attached hydrogens (tertiary/aromatic N) is 2. The van der Waals surface area contributed by atoms with E-state index in [1.807, 2.05) is 0 Å². The van der Waals surface area contributed by atoms with Crippen LogP contribution in [0, 0.1) is 11.6 Å². The first kappa shape index (κ1) is 23.1. The van der Waals surface area contributed by atoms with Gasteiger partial charge in [0.2, 0.25) is 15.9 Å². The Morgan fingerprint density at radius 2 is 1.68 bits per heavy atom. The summed E-state index contributed by atoms with van der Waals surface area (Å²) in [5.41, 5.74) is 1.23. The van der Waals surface area contributed by atoms with Gasteiger partial charge in [0.15, 0.2) is 0 Å². The van der Waals surface area contributed by atoms with Crippen LogP contribution in [0.3, 0.4) is 0 Å². The normalized spacial score (nSPS) is 14.6. The maximum atomic E-state index is 13.8. The van der Waals surface area contributed by atoms with Crippen LogP contribution in [0.5, 0.6) is 0 Å². The molecule has 1 fully saturated rings. The van der Waals surface area contributed by atoms with Crippen LogP contribution in [0.4, 0.5) is 20.2 Å². The zero-order chi connectivity index (χ0) is 22.4. The van der Waals surface area contributed by atoms with Crippen molar-refractivity contribution in [3.63, 3.8) is 0 Å². The highest BCUT2D eigenvalue weighted by molar-refractivity contribution is 7.89. The molecule has 0 bridgehead atoms. The Kier molecular flexibility index (Phi) is 7.61. The van der Waals surface area contributed by atoms with Crippen LogP contribution in [0.2, 0.25) is 0 Å². The van der Waals surface area contributed by atoms with Gasteiger partial charge in [0.1, 0.15) is 11.6 Å². The number of benzene rings is 2. The third-order valence-electron chi connectivity index (χ3n) is 5.33. The lowest BCUT2D eigenvalue weighted by molar-refractivity contribution is -0.116. The van der Waals surface area contributed by atoms with Crippen molar-refractivity contribution in [2.45, 2.75) is 37.0 Å². The minimum atomic E-state index is -3.76. The van der Waals surface area contributed by atoms with E-state index < -0.39 is 21.7 Å². The molecule has 1 heterocycles. The van der Waals surface area contributed by atoms with Gasteiger partial charge < -0.3 is 10.2 Å². The van der Waals surface area contributed by atoms with E-state index in [2.05, 4.69) is 10.2 Å². The lowest BCUT2D eigenvalue weighted by Crippen LogP contribution is -2.30. The number of nitrogens with one attached hydrogen (secondary N) is 1. The van der Waals surface area contributed by atoms with E-state index in [0.29, 0.717) is 5.69 Å². The summed E-state index contributed by atoms with van der Waals surface area (Å²) < 4.78 is 53.0. The second-order valence-electron chi connectivity index (χ2n) is 7.64. The molecule has 0 aromatic heterocycles. The van der Waals surface area contributed by atoms with Crippen LogP contribution in [0.25, 0.3) is 0 Å². The summed E-state index contributed by atoms with van der Waals surface area (Å²) in [5.74, 6) is -1.25. The average Bonchev–Trinajstić information content (AvgIpc) is 2.74. The number of piperidine rings is 1. The fraction of sp³-hybridized carbons (Fsp3) is 0.409. The molecule has 0 unspecified atom stereocenters. The number of sulfonamides is 1. The maximum Gasteiger partial charge on any atom is 0.242 e. The first-order valence-electron chi connectivity index (χ1n) is 10.3. The van der Waals surface area contributed by atoms with Gasteiger partial charge in [-0.2, -0.15) is 0 Å². The van der Waals surface area contributed by atoms with Gasteiger partial charge in [-0.05, 0) is 68.1 Å². The molecule has 6 nitrogen and oxygen atoms in total. The number of halogens is 2. The van der Waals surface area contributed by atoms with Crippen molar-refractivity contribution in [2.24, 2.45) is 0 Å². The van der Waals surface area contributed by atoms with Crippen molar-refractivity contribution in [3.05, 3.63) is 54.1 Å². The molecule has 1 N–H and O–H groups in total. The predicted octanol–water partition coefficient (Wildman–Crippen LogP) is 3.99. The molecule has 31 heavy (non-hydrogen) atoms. The summed E-state index contributed by atoms with van der Waals surface area (Å²) in [5, 5.41) is 2.77. The van der Waals surface area contributed by atoms with Gasteiger partial charge in [-0.15, -0.1) is 0 Å². The van der Waals surface area contributed by atoms with E-state index in [-0.39, 0.29) is 30.2 Å². The number of rotatable bonds is 8. The molecule has 1 aliphatic rings. The van der Waals surface area contributed by atoms with Crippen LogP contribution in [0.1, 0.15) is 32.1 Å². The lowest BCUT2D eigenvalue weighted by Gasteiger charge is -2.30. The largest absolute Gasteiger partial charge is 0.370 e. The van der Waals surface area contributed by atoms with Crippen LogP contribution >= 0.6 is 0 Å². The molecule has 1 amide bonds. The molecule has 3 rings (SSSR count). The molecular weight excluding hydrogens is 424 g/mol. The Hall–Kier alpha value is -2.52. The molecule has 0 aliphatic carbocycles. The van der Waals surface area contributed by atoms with Gasteiger partial charge >= 0.3 is 0 Å². The molecule has 2 aromatic carbocycles. The number of hydrogen-bond acceptors (Lipinski definition) is 4. The van der Waals surface area contributed by atoms with Gasteiger partial charge in [0.05, 0.1) is 16.3 Å². The number of hydrogen-bond donors (Lipinski definition) is 1. The number of carbonyl (C=O) groups excluding carboxylic acids is 1. The first-order chi connectivity index (χ1) is 14.8. The Labute approximate surface area is 181 Å². The van der Waals surface area contributed by atoms with Gasteiger partial charge in [-0.1, -0.05) is 0 Å². The third-order valence-corrected chi connectivity index (χ3v) is 7.20. The molecule has 1 saturated heterocycles. The highest BCUT2D eigenvalue weighted by atomic mass is 32.2. The van der Waals surface area contributed by atoms with Gasteiger partial charge in [-0.25, -0.2) is 21.5 Å². The molecule has 9 heteroatoms. The fourth-order valence-electron chi connectivity index (χ4n) is 3.60. The van der Waals surface area contributed by atoms with Crippen molar-refractivity contribution in [2.75, 3.05) is 36.9 Å². The van der Waals surface area contributed by atoms with Gasteiger partial charge in [-0.3, -0.25) is 4.79 Å². The monoisotopic (exact) mass is 451 g/mol. The predicted molar refractivity (Wildman–Crippen MR) is 117 cm³/mol. The van der Waals surface area contributed by atoms with Crippen LogP contribution < -0.4 is 10.2 Å². The summed E-state index contributed by atoms with van der Waals surface area (Å²) in [6.45, 7) is 1.84. The topological polar surface area (TPSA) is 69.7 Å². The molecule has 0 radical (unpaired) electrons. The third kappa shape index (κ3) is 6.01. The smallest absolute Gasteiger partial charge is 0.242 e. The lowest BCUT2D eigenvalue weighted by atomic mass is 10.1. The van der Waals surface area contributed by atoms with E-state index in [1.54, 1.807) is 6.07 Å². The fourth-order valence-corrected chi connectivity index (χ4v) is 4.81. The number of carbonyl (C=O) groups is 1. The minimum Gasteiger partial charge on any atom is -0.370 e. The van der Waals surface area contributed by atoms with Gasteiger partial charge in [0, 0.05) is 33.1 Å². The number of amides is 1. The molecule has 1 aliphatic heterocycles. The summed E-state index contributed by atoms with van der Waals surface area (Å²) in [7, 11) is -2.35. The summed E-state index contributed by atoms with van der Waals surface area (Å²) in [6.07, 6.45) is 3.64. The quantitative estimate of drug-likeness (QED) is 0.659. The molecular formula is C22H27F2N3O3S. The van der Waals surface area contributed by atoms with Crippen molar-refractivity contribution < 1.29 is 22.0 Å². The van der Waals surface area contributed by atoms with Crippen molar-refractivity contribution >= 4 is 27.3 Å².